The van der Waals surface area contributed by atoms with E-state index in [1.807, 2.05) is 7.05 Å². The van der Waals surface area contributed by atoms with Crippen molar-refractivity contribution in [3.8, 4) is 0 Å². The van der Waals surface area contributed by atoms with E-state index in [0.717, 1.165) is 13.0 Å². The summed E-state index contributed by atoms with van der Waals surface area (Å²) in [7, 11) is 6.04. The van der Waals surface area contributed by atoms with Gasteiger partial charge in [0.2, 0.25) is 0 Å². The lowest BCUT2D eigenvalue weighted by atomic mass is 10.2. The minimum Gasteiger partial charge on any atom is -0.308 e. The summed E-state index contributed by atoms with van der Waals surface area (Å²) >= 11 is 0. The monoisotopic (exact) mass is 145 g/mol. The molecule has 0 saturated carbocycles. The molecule has 0 aromatic rings. The number of likely N-dealkylation sites (N-methyl/N-ethyl adjacent to an activating group) is 2. The highest BCUT2D eigenvalue weighted by Crippen LogP contribution is 1.97. The summed E-state index contributed by atoms with van der Waals surface area (Å²) in [4.78, 5) is 2.15. The van der Waals surface area contributed by atoms with Crippen molar-refractivity contribution in [2.45, 2.75) is 19.4 Å². The Kier molecular flexibility index (Phi) is 4.60. The number of nitrogens with two attached hydrogens (primary N) is 1. The summed E-state index contributed by atoms with van der Waals surface area (Å²) in [6.45, 7) is 3.18. The predicted molar refractivity (Wildman–Crippen MR) is 44.6 cm³/mol. The molecule has 3 nitrogen and oxygen atoms in total. The highest BCUT2D eigenvalue weighted by atomic mass is 15.4. The highest BCUT2D eigenvalue weighted by molar-refractivity contribution is 4.64. The number of hydrazine groups is 1. The van der Waals surface area contributed by atoms with Crippen molar-refractivity contribution in [2.24, 2.45) is 5.84 Å². The molecule has 0 saturated heterocycles. The Bertz CT molecular complexity index is 80.9. The van der Waals surface area contributed by atoms with E-state index in [2.05, 4.69) is 25.9 Å². The Morgan fingerprint density at radius 3 is 1.90 bits per heavy atom. The predicted octanol–water partition coefficient (Wildman–Crippen LogP) is 0.132. The van der Waals surface area contributed by atoms with E-state index in [4.69, 9.17) is 5.84 Å². The number of rotatable bonds is 4. The second-order valence-corrected chi connectivity index (χ2v) is 2.99. The molecule has 0 aliphatic rings. The molecule has 0 spiro atoms. The van der Waals surface area contributed by atoms with E-state index in [-0.39, 0.29) is 0 Å². The fourth-order valence-corrected chi connectivity index (χ4v) is 0.967. The van der Waals surface area contributed by atoms with Crippen LogP contribution in [0.5, 0.6) is 0 Å². The average molecular weight is 145 g/mol. The third kappa shape index (κ3) is 3.82. The van der Waals surface area contributed by atoms with Gasteiger partial charge in [0.25, 0.3) is 0 Å². The van der Waals surface area contributed by atoms with Gasteiger partial charge in [-0.2, -0.15) is 0 Å². The van der Waals surface area contributed by atoms with Gasteiger partial charge in [-0.1, -0.05) is 6.92 Å². The molecule has 0 amide bonds. The third-order valence-electron chi connectivity index (χ3n) is 1.62. The summed E-state index contributed by atoms with van der Waals surface area (Å²) in [5, 5.41) is 1.78. The molecule has 62 valence electrons. The molecule has 1 unspecified atom stereocenters. The molecule has 0 radical (unpaired) electrons. The van der Waals surface area contributed by atoms with Crippen LogP contribution in [0.3, 0.4) is 0 Å². The van der Waals surface area contributed by atoms with Crippen LogP contribution in [-0.4, -0.2) is 43.6 Å². The van der Waals surface area contributed by atoms with Crippen molar-refractivity contribution >= 4 is 0 Å². The van der Waals surface area contributed by atoms with Crippen LogP contribution in [0, 0.1) is 0 Å². The summed E-state index contributed by atoms with van der Waals surface area (Å²) in [5.74, 6) is 5.60. The van der Waals surface area contributed by atoms with Crippen LogP contribution < -0.4 is 5.84 Å². The van der Waals surface area contributed by atoms with Crippen LogP contribution >= 0.6 is 0 Å². The third-order valence-corrected chi connectivity index (χ3v) is 1.62. The summed E-state index contributed by atoms with van der Waals surface area (Å²) < 4.78 is 0. The van der Waals surface area contributed by atoms with Crippen LogP contribution in [0.2, 0.25) is 0 Å². The van der Waals surface area contributed by atoms with Gasteiger partial charge in [0.05, 0.1) is 0 Å². The molecular weight excluding hydrogens is 126 g/mol. The second kappa shape index (κ2) is 4.66. The molecule has 0 aromatic heterocycles. The van der Waals surface area contributed by atoms with E-state index in [1.165, 1.54) is 0 Å². The first-order chi connectivity index (χ1) is 4.57. The second-order valence-electron chi connectivity index (χ2n) is 2.99. The molecule has 2 N–H and O–H groups in total. The summed E-state index contributed by atoms with van der Waals surface area (Å²) in [6, 6.07) is 0.481. The molecule has 3 heteroatoms. The van der Waals surface area contributed by atoms with Gasteiger partial charge in [-0.25, -0.2) is 5.01 Å². The number of hydrogen-bond acceptors (Lipinski definition) is 3. The minimum absolute atomic E-state index is 0.481. The minimum atomic E-state index is 0.481. The lowest BCUT2D eigenvalue weighted by molar-refractivity contribution is 0.194. The lowest BCUT2D eigenvalue weighted by Crippen LogP contribution is -2.43. The summed E-state index contributed by atoms with van der Waals surface area (Å²) in [5.41, 5.74) is 0. The van der Waals surface area contributed by atoms with Gasteiger partial charge in [0.15, 0.2) is 0 Å². The van der Waals surface area contributed by atoms with Gasteiger partial charge in [-0.3, -0.25) is 5.84 Å². The molecule has 10 heavy (non-hydrogen) atoms. The van der Waals surface area contributed by atoms with Crippen molar-refractivity contribution in [3.05, 3.63) is 0 Å². The maximum Gasteiger partial charge on any atom is 0.0362 e. The first-order valence-corrected chi connectivity index (χ1v) is 3.70. The molecule has 0 aromatic carbocycles. The first-order valence-electron chi connectivity index (χ1n) is 3.70. The Labute approximate surface area is 63.8 Å². The van der Waals surface area contributed by atoms with Crippen LogP contribution in [0.1, 0.15) is 13.3 Å². The smallest absolute Gasteiger partial charge is 0.0362 e. The number of nitrogens with zero attached hydrogens (tertiary/aromatic N) is 2. The van der Waals surface area contributed by atoms with Crippen molar-refractivity contribution in [3.63, 3.8) is 0 Å². The van der Waals surface area contributed by atoms with Crippen LogP contribution in [0.15, 0.2) is 0 Å². The molecule has 0 heterocycles. The normalized spacial score (nSPS) is 14.7. The van der Waals surface area contributed by atoms with Gasteiger partial charge in [0.1, 0.15) is 0 Å². The van der Waals surface area contributed by atoms with Crippen molar-refractivity contribution in [1.29, 1.82) is 0 Å². The zero-order chi connectivity index (χ0) is 8.15. The Morgan fingerprint density at radius 1 is 1.30 bits per heavy atom. The van der Waals surface area contributed by atoms with Crippen LogP contribution in [0.4, 0.5) is 0 Å². The van der Waals surface area contributed by atoms with Gasteiger partial charge in [0, 0.05) is 19.6 Å². The Morgan fingerprint density at radius 2 is 1.80 bits per heavy atom. The van der Waals surface area contributed by atoms with E-state index < -0.39 is 0 Å². The highest BCUT2D eigenvalue weighted by Gasteiger charge is 2.08. The van der Waals surface area contributed by atoms with E-state index in [9.17, 15) is 0 Å². The fourth-order valence-electron chi connectivity index (χ4n) is 0.967. The van der Waals surface area contributed by atoms with Crippen molar-refractivity contribution < 1.29 is 0 Å². The van der Waals surface area contributed by atoms with E-state index >= 15 is 0 Å². The first kappa shape index (κ1) is 9.88. The maximum atomic E-state index is 5.60. The van der Waals surface area contributed by atoms with Crippen molar-refractivity contribution in [2.75, 3.05) is 27.7 Å². The molecule has 0 aliphatic carbocycles. The topological polar surface area (TPSA) is 32.5 Å². The largest absolute Gasteiger partial charge is 0.308 e. The van der Waals surface area contributed by atoms with Crippen LogP contribution in [-0.2, 0) is 0 Å². The van der Waals surface area contributed by atoms with Gasteiger partial charge in [-0.05, 0) is 20.5 Å². The van der Waals surface area contributed by atoms with Gasteiger partial charge in [-0.15, -0.1) is 0 Å². The zero-order valence-electron chi connectivity index (χ0n) is 7.46. The van der Waals surface area contributed by atoms with E-state index in [1.54, 1.807) is 5.01 Å². The molecule has 0 aliphatic heterocycles. The number of hydrogen-bond donors (Lipinski definition) is 1. The maximum absolute atomic E-state index is 5.60. The standard InChI is InChI=1S/C7H19N3/c1-5-7(10(4)8)6-9(2)3/h7H,5-6,8H2,1-4H3. The Hall–Kier alpha value is -0.120. The zero-order valence-corrected chi connectivity index (χ0v) is 7.46. The lowest BCUT2D eigenvalue weighted by Gasteiger charge is -2.25. The molecule has 1 atom stereocenters. The van der Waals surface area contributed by atoms with Crippen molar-refractivity contribution in [1.82, 2.24) is 9.91 Å². The van der Waals surface area contributed by atoms with Crippen LogP contribution in [0.25, 0.3) is 0 Å². The molecule has 0 rings (SSSR count). The Balaban J connectivity index is 3.60. The summed E-state index contributed by atoms with van der Waals surface area (Å²) in [6.07, 6.45) is 1.10. The average Bonchev–Trinajstić information content (AvgIpc) is 1.81. The van der Waals surface area contributed by atoms with E-state index in [0.29, 0.717) is 6.04 Å². The fraction of sp³-hybridized carbons (Fsp3) is 1.00. The SMILES string of the molecule is CCC(CN(C)C)N(C)N. The molecular formula is C7H19N3. The molecule has 0 fully saturated rings. The molecule has 0 bridgehead atoms. The quantitative estimate of drug-likeness (QED) is 0.451. The van der Waals surface area contributed by atoms with Gasteiger partial charge < -0.3 is 4.90 Å². The van der Waals surface area contributed by atoms with Gasteiger partial charge >= 0.3 is 0 Å².